The van der Waals surface area contributed by atoms with Crippen LogP contribution in [0, 0.1) is 5.82 Å². The zero-order valence-corrected chi connectivity index (χ0v) is 13.7. The number of benzene rings is 1. The van der Waals surface area contributed by atoms with E-state index in [1.807, 2.05) is 0 Å². The molecule has 8 heteroatoms. The topological polar surface area (TPSA) is 70.7 Å². The van der Waals surface area contributed by atoms with Crippen molar-refractivity contribution in [2.24, 2.45) is 0 Å². The summed E-state index contributed by atoms with van der Waals surface area (Å²) in [5.41, 5.74) is 0.252. The van der Waals surface area contributed by atoms with E-state index in [1.165, 1.54) is 11.0 Å². The fraction of sp³-hybridized carbons (Fsp3) is 0.467. The number of hydrogen-bond acceptors (Lipinski definition) is 4. The van der Waals surface area contributed by atoms with Gasteiger partial charge in [0, 0.05) is 20.2 Å². The number of para-hydroxylation sites is 1. The van der Waals surface area contributed by atoms with Gasteiger partial charge < -0.3 is 20.3 Å². The Morgan fingerprint density at radius 1 is 1.43 bits per heavy atom. The molecule has 0 bridgehead atoms. The number of ether oxygens (including phenoxy) is 1. The number of carbonyl (C=O) groups excluding carboxylic acids is 2. The second-order valence-corrected chi connectivity index (χ2v) is 5.02. The molecular formula is C15H21ClFN3O3. The molecule has 2 N–H and O–H groups in total. The van der Waals surface area contributed by atoms with Crippen LogP contribution in [0.1, 0.15) is 6.42 Å². The van der Waals surface area contributed by atoms with Crippen molar-refractivity contribution in [2.45, 2.75) is 12.5 Å². The van der Waals surface area contributed by atoms with E-state index in [-0.39, 0.29) is 36.5 Å². The van der Waals surface area contributed by atoms with Crippen LogP contribution in [0.2, 0.25) is 0 Å². The van der Waals surface area contributed by atoms with E-state index in [0.717, 1.165) is 0 Å². The number of halogens is 2. The van der Waals surface area contributed by atoms with E-state index in [1.54, 1.807) is 25.3 Å². The molecule has 1 atom stereocenters. The molecule has 1 aromatic rings. The second kappa shape index (κ2) is 9.44. The highest BCUT2D eigenvalue weighted by atomic mass is 35.5. The summed E-state index contributed by atoms with van der Waals surface area (Å²) in [6.07, 6.45) is 0.469. The molecule has 1 unspecified atom stereocenters. The van der Waals surface area contributed by atoms with Crippen LogP contribution in [0.15, 0.2) is 24.3 Å². The van der Waals surface area contributed by atoms with Gasteiger partial charge >= 0.3 is 0 Å². The Hall–Kier alpha value is -1.70. The maximum Gasteiger partial charge on any atom is 0.249 e. The molecule has 0 saturated carbocycles. The van der Waals surface area contributed by atoms with E-state index in [0.29, 0.717) is 26.1 Å². The summed E-state index contributed by atoms with van der Waals surface area (Å²) in [6.45, 7) is 1.58. The van der Waals surface area contributed by atoms with Crippen LogP contribution in [-0.2, 0) is 14.3 Å². The molecule has 6 nitrogen and oxygen atoms in total. The fourth-order valence-corrected chi connectivity index (χ4v) is 2.35. The Labute approximate surface area is 140 Å². The average molecular weight is 346 g/mol. The third-order valence-corrected chi connectivity index (χ3v) is 3.45. The van der Waals surface area contributed by atoms with Crippen molar-refractivity contribution in [3.63, 3.8) is 0 Å². The second-order valence-electron chi connectivity index (χ2n) is 5.02. The molecule has 1 heterocycles. The molecular weight excluding hydrogens is 325 g/mol. The van der Waals surface area contributed by atoms with Crippen molar-refractivity contribution in [1.29, 1.82) is 0 Å². The van der Waals surface area contributed by atoms with E-state index in [4.69, 9.17) is 4.74 Å². The Balaban J connectivity index is 0.00000264. The van der Waals surface area contributed by atoms with Gasteiger partial charge in [-0.1, -0.05) is 12.1 Å². The Morgan fingerprint density at radius 2 is 2.17 bits per heavy atom. The van der Waals surface area contributed by atoms with Gasteiger partial charge in [-0.25, -0.2) is 4.39 Å². The summed E-state index contributed by atoms with van der Waals surface area (Å²) >= 11 is 0. The van der Waals surface area contributed by atoms with Crippen LogP contribution in [0.5, 0.6) is 0 Å². The van der Waals surface area contributed by atoms with E-state index >= 15 is 0 Å². The number of nitrogens with zero attached hydrogens (tertiary/aromatic N) is 1. The van der Waals surface area contributed by atoms with Crippen molar-refractivity contribution in [1.82, 2.24) is 10.6 Å². The summed E-state index contributed by atoms with van der Waals surface area (Å²) in [6, 6.07) is 5.52. The van der Waals surface area contributed by atoms with Crippen molar-refractivity contribution in [3.05, 3.63) is 30.1 Å². The normalized spacial score (nSPS) is 17.0. The number of anilines is 1. The summed E-state index contributed by atoms with van der Waals surface area (Å²) in [5, 5.41) is 5.57. The van der Waals surface area contributed by atoms with Gasteiger partial charge in [0.25, 0.3) is 0 Å². The lowest BCUT2D eigenvalue weighted by molar-refractivity contribution is -0.125. The monoisotopic (exact) mass is 345 g/mol. The molecule has 1 saturated heterocycles. The van der Waals surface area contributed by atoms with E-state index in [2.05, 4.69) is 10.6 Å². The van der Waals surface area contributed by atoms with Crippen LogP contribution in [0.3, 0.4) is 0 Å². The Kier molecular flexibility index (Phi) is 7.94. The van der Waals surface area contributed by atoms with Crippen molar-refractivity contribution < 1.29 is 18.7 Å². The molecule has 1 fully saturated rings. The quantitative estimate of drug-likeness (QED) is 0.714. The van der Waals surface area contributed by atoms with Crippen LogP contribution in [0.4, 0.5) is 10.1 Å². The Bertz CT molecular complexity index is 544. The first-order valence-electron chi connectivity index (χ1n) is 7.18. The zero-order chi connectivity index (χ0) is 15.9. The molecule has 128 valence electrons. The average Bonchev–Trinajstić information content (AvgIpc) is 2.85. The SMILES string of the molecule is COCCNCC(=O)NC1CCN(c2ccccc2F)C1=O.Cl. The molecule has 2 amide bonds. The van der Waals surface area contributed by atoms with Gasteiger partial charge in [0.1, 0.15) is 11.9 Å². The van der Waals surface area contributed by atoms with Gasteiger partial charge in [-0.05, 0) is 18.6 Å². The van der Waals surface area contributed by atoms with Gasteiger partial charge in [-0.2, -0.15) is 0 Å². The van der Waals surface area contributed by atoms with Crippen molar-refractivity contribution in [2.75, 3.05) is 38.3 Å². The van der Waals surface area contributed by atoms with Gasteiger partial charge in [0.15, 0.2) is 0 Å². The first-order chi connectivity index (χ1) is 10.6. The molecule has 0 radical (unpaired) electrons. The van der Waals surface area contributed by atoms with Gasteiger partial charge in [-0.3, -0.25) is 9.59 Å². The first kappa shape index (κ1) is 19.3. The van der Waals surface area contributed by atoms with Gasteiger partial charge in [0.05, 0.1) is 18.8 Å². The molecule has 1 aromatic carbocycles. The lowest BCUT2D eigenvalue weighted by Gasteiger charge is -2.17. The van der Waals surface area contributed by atoms with Crippen LogP contribution in [0.25, 0.3) is 0 Å². The predicted octanol–water partition coefficient (Wildman–Crippen LogP) is 0.705. The lowest BCUT2D eigenvalue weighted by atomic mass is 10.2. The maximum absolute atomic E-state index is 13.7. The molecule has 0 aliphatic carbocycles. The van der Waals surface area contributed by atoms with Crippen molar-refractivity contribution in [3.8, 4) is 0 Å². The highest BCUT2D eigenvalue weighted by Crippen LogP contribution is 2.24. The van der Waals surface area contributed by atoms with Crippen molar-refractivity contribution >= 4 is 29.9 Å². The number of rotatable bonds is 7. The van der Waals surface area contributed by atoms with E-state index < -0.39 is 11.9 Å². The minimum atomic E-state index is -0.601. The Morgan fingerprint density at radius 3 is 2.87 bits per heavy atom. The molecule has 0 spiro atoms. The predicted molar refractivity (Wildman–Crippen MR) is 87.3 cm³/mol. The minimum Gasteiger partial charge on any atom is -0.383 e. The smallest absolute Gasteiger partial charge is 0.249 e. The molecule has 1 aliphatic rings. The summed E-state index contributed by atoms with van der Waals surface area (Å²) in [5.74, 6) is -0.982. The number of amides is 2. The molecule has 1 aliphatic heterocycles. The highest BCUT2D eigenvalue weighted by Gasteiger charge is 2.34. The largest absolute Gasteiger partial charge is 0.383 e. The summed E-state index contributed by atoms with van der Waals surface area (Å²) < 4.78 is 18.6. The standard InChI is InChI=1S/C15H20FN3O3.ClH/c1-22-9-7-17-10-14(20)18-12-6-8-19(15(12)21)13-5-3-2-4-11(13)16;/h2-5,12,17H,6-10H2,1H3,(H,18,20);1H. The number of carbonyl (C=O) groups is 2. The molecule has 23 heavy (non-hydrogen) atoms. The van der Waals surface area contributed by atoms with Gasteiger partial charge in [0.2, 0.25) is 11.8 Å². The first-order valence-corrected chi connectivity index (χ1v) is 7.18. The molecule has 0 aromatic heterocycles. The summed E-state index contributed by atoms with van der Waals surface area (Å²) in [4.78, 5) is 25.4. The number of methoxy groups -OCH3 is 1. The number of hydrogen-bond donors (Lipinski definition) is 2. The third kappa shape index (κ3) is 5.16. The minimum absolute atomic E-state index is 0. The highest BCUT2D eigenvalue weighted by molar-refractivity contribution is 6.01. The van der Waals surface area contributed by atoms with Gasteiger partial charge in [-0.15, -0.1) is 12.4 Å². The lowest BCUT2D eigenvalue weighted by Crippen LogP contribution is -2.45. The van der Waals surface area contributed by atoms with Crippen LogP contribution < -0.4 is 15.5 Å². The zero-order valence-electron chi connectivity index (χ0n) is 12.9. The van der Waals surface area contributed by atoms with Crippen LogP contribution in [-0.4, -0.2) is 51.2 Å². The maximum atomic E-state index is 13.7. The summed E-state index contributed by atoms with van der Waals surface area (Å²) in [7, 11) is 1.58. The van der Waals surface area contributed by atoms with E-state index in [9.17, 15) is 14.0 Å². The third-order valence-electron chi connectivity index (χ3n) is 3.45. The molecule has 2 rings (SSSR count). The van der Waals surface area contributed by atoms with Crippen LogP contribution >= 0.6 is 12.4 Å². The number of nitrogens with one attached hydrogen (secondary N) is 2. The fourth-order valence-electron chi connectivity index (χ4n) is 2.35.